The Kier molecular flexibility index (Phi) is 5.91. The number of carbonyl (C=O) groups excluding carboxylic acids is 2. The Morgan fingerprint density at radius 2 is 1.83 bits per heavy atom. The van der Waals surface area contributed by atoms with E-state index in [0.29, 0.717) is 6.54 Å². The molecule has 0 saturated heterocycles. The van der Waals surface area contributed by atoms with Gasteiger partial charge >= 0.3 is 6.03 Å². The van der Waals surface area contributed by atoms with Crippen molar-refractivity contribution in [2.24, 2.45) is 0 Å². The normalized spacial score (nSPS) is 9.89. The zero-order valence-electron chi connectivity index (χ0n) is 11.0. The second-order valence-corrected chi connectivity index (χ2v) is 4.32. The molecule has 1 aromatic rings. The van der Waals surface area contributed by atoms with E-state index in [9.17, 15) is 9.59 Å². The van der Waals surface area contributed by atoms with Gasteiger partial charge in [0.25, 0.3) is 0 Å². The second kappa shape index (κ2) is 7.48. The van der Waals surface area contributed by atoms with Crippen LogP contribution in [0.2, 0.25) is 0 Å². The van der Waals surface area contributed by atoms with E-state index in [1.165, 1.54) is 0 Å². The smallest absolute Gasteiger partial charge is 0.321 e. The van der Waals surface area contributed by atoms with Crippen LogP contribution in [0.4, 0.5) is 4.79 Å². The van der Waals surface area contributed by atoms with Crippen molar-refractivity contribution >= 4 is 11.9 Å². The molecule has 1 aromatic carbocycles. The lowest BCUT2D eigenvalue weighted by atomic mass is 10.1. The van der Waals surface area contributed by atoms with Gasteiger partial charge in [0.05, 0.1) is 6.42 Å². The van der Waals surface area contributed by atoms with E-state index in [0.717, 1.165) is 24.0 Å². The monoisotopic (exact) mass is 248 g/mol. The van der Waals surface area contributed by atoms with Crippen molar-refractivity contribution in [2.45, 2.75) is 33.1 Å². The third kappa shape index (κ3) is 5.48. The number of imide groups is 1. The molecule has 0 aliphatic rings. The van der Waals surface area contributed by atoms with Crippen molar-refractivity contribution in [3.63, 3.8) is 0 Å². The van der Waals surface area contributed by atoms with Crippen LogP contribution in [0.5, 0.6) is 0 Å². The first kappa shape index (κ1) is 14.2. The Morgan fingerprint density at radius 3 is 2.44 bits per heavy atom. The van der Waals surface area contributed by atoms with Gasteiger partial charge in [0.15, 0.2) is 0 Å². The van der Waals surface area contributed by atoms with Gasteiger partial charge in [0, 0.05) is 6.54 Å². The molecule has 0 bridgehead atoms. The lowest BCUT2D eigenvalue weighted by Crippen LogP contribution is -2.40. The van der Waals surface area contributed by atoms with Gasteiger partial charge in [-0.2, -0.15) is 0 Å². The molecule has 2 N–H and O–H groups in total. The van der Waals surface area contributed by atoms with Gasteiger partial charge in [-0.3, -0.25) is 10.1 Å². The summed E-state index contributed by atoms with van der Waals surface area (Å²) in [7, 11) is 0. The number of carbonyl (C=O) groups is 2. The second-order valence-electron chi connectivity index (χ2n) is 4.32. The third-order valence-corrected chi connectivity index (χ3v) is 2.55. The largest absolute Gasteiger partial charge is 0.338 e. The van der Waals surface area contributed by atoms with Gasteiger partial charge in [-0.25, -0.2) is 4.79 Å². The molecule has 0 fully saturated rings. The SMILES string of the molecule is CCCCNC(=O)NC(=O)Cc1ccc(C)cc1. The number of hydrogen-bond donors (Lipinski definition) is 2. The number of urea groups is 1. The van der Waals surface area contributed by atoms with Gasteiger partial charge in [0.1, 0.15) is 0 Å². The summed E-state index contributed by atoms with van der Waals surface area (Å²) in [5.74, 6) is -0.284. The molecule has 0 aliphatic carbocycles. The molecule has 4 heteroatoms. The van der Waals surface area contributed by atoms with E-state index in [1.807, 2.05) is 38.1 Å². The topological polar surface area (TPSA) is 58.2 Å². The first-order valence-corrected chi connectivity index (χ1v) is 6.25. The van der Waals surface area contributed by atoms with Crippen molar-refractivity contribution in [2.75, 3.05) is 6.54 Å². The zero-order chi connectivity index (χ0) is 13.4. The lowest BCUT2D eigenvalue weighted by molar-refractivity contribution is -0.119. The molecule has 0 atom stereocenters. The molecule has 0 aromatic heterocycles. The van der Waals surface area contributed by atoms with Crippen molar-refractivity contribution in [3.8, 4) is 0 Å². The Labute approximate surface area is 108 Å². The molecule has 0 unspecified atom stereocenters. The maximum atomic E-state index is 11.6. The van der Waals surface area contributed by atoms with Gasteiger partial charge in [-0.15, -0.1) is 0 Å². The van der Waals surface area contributed by atoms with E-state index in [1.54, 1.807) is 0 Å². The highest BCUT2D eigenvalue weighted by Crippen LogP contribution is 2.03. The predicted octanol–water partition coefficient (Wildman–Crippen LogP) is 2.16. The molecule has 3 amide bonds. The quantitative estimate of drug-likeness (QED) is 0.784. The molecule has 98 valence electrons. The minimum Gasteiger partial charge on any atom is -0.338 e. The van der Waals surface area contributed by atoms with Crippen LogP contribution in [-0.2, 0) is 11.2 Å². The Bertz CT molecular complexity index is 399. The van der Waals surface area contributed by atoms with E-state index in [2.05, 4.69) is 10.6 Å². The summed E-state index contributed by atoms with van der Waals surface area (Å²) in [4.78, 5) is 22.9. The fraction of sp³-hybridized carbons (Fsp3) is 0.429. The molecular weight excluding hydrogens is 228 g/mol. The van der Waals surface area contributed by atoms with Crippen molar-refractivity contribution in [1.82, 2.24) is 10.6 Å². The summed E-state index contributed by atoms with van der Waals surface area (Å²) in [5.41, 5.74) is 2.05. The Balaban J connectivity index is 2.32. The first-order valence-electron chi connectivity index (χ1n) is 6.25. The first-order chi connectivity index (χ1) is 8.61. The highest BCUT2D eigenvalue weighted by molar-refractivity contribution is 5.95. The van der Waals surface area contributed by atoms with Gasteiger partial charge in [-0.1, -0.05) is 43.2 Å². The molecular formula is C14H20N2O2. The molecule has 18 heavy (non-hydrogen) atoms. The van der Waals surface area contributed by atoms with Crippen LogP contribution in [0.15, 0.2) is 24.3 Å². The van der Waals surface area contributed by atoms with Gasteiger partial charge in [0.2, 0.25) is 5.91 Å². The number of nitrogens with one attached hydrogen (secondary N) is 2. The third-order valence-electron chi connectivity index (χ3n) is 2.55. The zero-order valence-corrected chi connectivity index (χ0v) is 11.0. The van der Waals surface area contributed by atoms with Crippen LogP contribution in [0.1, 0.15) is 30.9 Å². The predicted molar refractivity (Wildman–Crippen MR) is 71.3 cm³/mol. The fourth-order valence-corrected chi connectivity index (χ4v) is 1.49. The molecule has 4 nitrogen and oxygen atoms in total. The summed E-state index contributed by atoms with van der Waals surface area (Å²) in [6.45, 7) is 4.63. The van der Waals surface area contributed by atoms with E-state index >= 15 is 0 Å². The summed E-state index contributed by atoms with van der Waals surface area (Å²) in [6.07, 6.45) is 2.15. The summed E-state index contributed by atoms with van der Waals surface area (Å²) >= 11 is 0. The lowest BCUT2D eigenvalue weighted by Gasteiger charge is -2.06. The highest BCUT2D eigenvalue weighted by Gasteiger charge is 2.07. The van der Waals surface area contributed by atoms with Crippen molar-refractivity contribution in [3.05, 3.63) is 35.4 Å². The number of amides is 3. The number of benzene rings is 1. The molecule has 1 rings (SSSR count). The summed E-state index contributed by atoms with van der Waals surface area (Å²) in [5, 5.41) is 4.95. The van der Waals surface area contributed by atoms with Gasteiger partial charge in [-0.05, 0) is 18.9 Å². The average Bonchev–Trinajstić information content (AvgIpc) is 2.32. The standard InChI is InChI=1S/C14H20N2O2/c1-3-4-9-15-14(18)16-13(17)10-12-7-5-11(2)6-8-12/h5-8H,3-4,9-10H2,1-2H3,(H2,15,16,17,18). The maximum absolute atomic E-state index is 11.6. The van der Waals surface area contributed by atoms with Crippen LogP contribution < -0.4 is 10.6 Å². The number of rotatable bonds is 5. The van der Waals surface area contributed by atoms with Crippen molar-refractivity contribution < 1.29 is 9.59 Å². The Hall–Kier alpha value is -1.84. The molecule has 0 spiro atoms. The Morgan fingerprint density at radius 1 is 1.17 bits per heavy atom. The van der Waals surface area contributed by atoms with E-state index in [4.69, 9.17) is 0 Å². The van der Waals surface area contributed by atoms with Crippen LogP contribution in [-0.4, -0.2) is 18.5 Å². The maximum Gasteiger partial charge on any atom is 0.321 e. The summed E-state index contributed by atoms with van der Waals surface area (Å²) in [6, 6.07) is 7.27. The fourth-order valence-electron chi connectivity index (χ4n) is 1.49. The number of hydrogen-bond acceptors (Lipinski definition) is 2. The van der Waals surface area contributed by atoms with Crippen LogP contribution in [0, 0.1) is 6.92 Å². The van der Waals surface area contributed by atoms with Crippen molar-refractivity contribution in [1.29, 1.82) is 0 Å². The molecule has 0 radical (unpaired) electrons. The molecule has 0 heterocycles. The van der Waals surface area contributed by atoms with Gasteiger partial charge < -0.3 is 5.32 Å². The molecule has 0 aliphatic heterocycles. The van der Waals surface area contributed by atoms with Crippen LogP contribution in [0.3, 0.4) is 0 Å². The average molecular weight is 248 g/mol. The highest BCUT2D eigenvalue weighted by atomic mass is 16.2. The minimum atomic E-state index is -0.416. The summed E-state index contributed by atoms with van der Waals surface area (Å²) < 4.78 is 0. The molecule has 0 saturated carbocycles. The van der Waals surface area contributed by atoms with Crippen LogP contribution >= 0.6 is 0 Å². The van der Waals surface area contributed by atoms with Crippen LogP contribution in [0.25, 0.3) is 0 Å². The minimum absolute atomic E-state index is 0.224. The number of aryl methyl sites for hydroxylation is 1. The van der Waals surface area contributed by atoms with E-state index < -0.39 is 6.03 Å². The van der Waals surface area contributed by atoms with E-state index in [-0.39, 0.29) is 12.3 Å². The number of unbranched alkanes of at least 4 members (excludes halogenated alkanes) is 1.